The Morgan fingerprint density at radius 3 is 2.79 bits per heavy atom. The van der Waals surface area contributed by atoms with Crippen molar-refractivity contribution in [2.75, 3.05) is 17.2 Å². The van der Waals surface area contributed by atoms with E-state index in [2.05, 4.69) is 50.6 Å². The van der Waals surface area contributed by atoms with Gasteiger partial charge in [-0.05, 0) is 27.7 Å². The molecule has 3 rings (SSSR count). The maximum Gasteiger partial charge on any atom is 0.231 e. The first kappa shape index (κ1) is 15.8. The Balaban J connectivity index is 2.03. The number of nitrogens with one attached hydrogen (secondary N) is 3. The van der Waals surface area contributed by atoms with E-state index in [-0.39, 0.29) is 6.04 Å². The van der Waals surface area contributed by atoms with Gasteiger partial charge in [-0.25, -0.2) is 0 Å². The molecule has 0 bridgehead atoms. The Morgan fingerprint density at radius 1 is 1.38 bits per heavy atom. The lowest BCUT2D eigenvalue weighted by Gasteiger charge is -2.08. The largest absolute Gasteiger partial charge is 0.370 e. The standard InChI is InChI=1S/C16H20N8/c1-5-18-14-13-11(6-17)7-19-15(13)22-16(21-14)20-12-8-24(9(2)3)23-10(12)4/h7-9H,5H2,1-4H3,(H3,18,19,20,21,22). The predicted octanol–water partition coefficient (Wildman–Crippen LogP) is 3.09. The normalized spacial score (nSPS) is 11.0. The van der Waals surface area contributed by atoms with Gasteiger partial charge in [0.1, 0.15) is 17.5 Å². The number of rotatable bonds is 5. The van der Waals surface area contributed by atoms with Crippen LogP contribution >= 0.6 is 0 Å². The molecule has 3 N–H and O–H groups in total. The zero-order valence-corrected chi connectivity index (χ0v) is 14.2. The summed E-state index contributed by atoms with van der Waals surface area (Å²) in [6, 6.07) is 2.44. The van der Waals surface area contributed by atoms with Gasteiger partial charge in [-0.2, -0.15) is 20.3 Å². The van der Waals surface area contributed by atoms with Crippen molar-refractivity contribution in [3.63, 3.8) is 0 Å². The highest BCUT2D eigenvalue weighted by Gasteiger charge is 2.15. The summed E-state index contributed by atoms with van der Waals surface area (Å²) in [6.45, 7) is 8.77. The summed E-state index contributed by atoms with van der Waals surface area (Å²) >= 11 is 0. The van der Waals surface area contributed by atoms with Gasteiger partial charge in [0.2, 0.25) is 5.95 Å². The van der Waals surface area contributed by atoms with Crippen LogP contribution in [0.4, 0.5) is 17.5 Å². The third-order valence-electron chi connectivity index (χ3n) is 3.69. The van der Waals surface area contributed by atoms with Gasteiger partial charge >= 0.3 is 0 Å². The van der Waals surface area contributed by atoms with Crippen LogP contribution < -0.4 is 10.6 Å². The summed E-state index contributed by atoms with van der Waals surface area (Å²) in [4.78, 5) is 12.0. The number of hydrogen-bond donors (Lipinski definition) is 3. The van der Waals surface area contributed by atoms with Crippen LogP contribution in [0, 0.1) is 18.3 Å². The molecule has 8 heteroatoms. The molecule has 24 heavy (non-hydrogen) atoms. The molecular formula is C16H20N8. The molecule has 0 aliphatic carbocycles. The Kier molecular flexibility index (Phi) is 4.08. The van der Waals surface area contributed by atoms with Crippen LogP contribution in [0.2, 0.25) is 0 Å². The molecular weight excluding hydrogens is 304 g/mol. The Labute approximate surface area is 139 Å². The highest BCUT2D eigenvalue weighted by Crippen LogP contribution is 2.27. The third kappa shape index (κ3) is 2.76. The number of fused-ring (bicyclic) bond motifs is 1. The van der Waals surface area contributed by atoms with Gasteiger partial charge in [0.05, 0.1) is 22.3 Å². The zero-order chi connectivity index (χ0) is 17.3. The number of aromatic amines is 1. The zero-order valence-electron chi connectivity index (χ0n) is 14.2. The monoisotopic (exact) mass is 324 g/mol. The molecule has 8 nitrogen and oxygen atoms in total. The summed E-state index contributed by atoms with van der Waals surface area (Å²) in [7, 11) is 0. The van der Waals surface area contributed by atoms with E-state index >= 15 is 0 Å². The van der Waals surface area contributed by atoms with Crippen molar-refractivity contribution >= 4 is 28.5 Å². The maximum atomic E-state index is 9.23. The molecule has 0 saturated heterocycles. The second-order valence-corrected chi connectivity index (χ2v) is 5.79. The van der Waals surface area contributed by atoms with Crippen molar-refractivity contribution in [1.29, 1.82) is 5.26 Å². The molecule has 0 atom stereocenters. The van der Waals surface area contributed by atoms with Crippen LogP contribution in [0.1, 0.15) is 38.1 Å². The van der Waals surface area contributed by atoms with Crippen molar-refractivity contribution in [2.45, 2.75) is 33.7 Å². The molecule has 0 aliphatic rings. The fraction of sp³-hybridized carbons (Fsp3) is 0.375. The lowest BCUT2D eigenvalue weighted by atomic mass is 10.2. The summed E-state index contributed by atoms with van der Waals surface area (Å²) < 4.78 is 1.89. The Hall–Kier alpha value is -3.08. The lowest BCUT2D eigenvalue weighted by molar-refractivity contribution is 0.529. The maximum absolute atomic E-state index is 9.23. The Morgan fingerprint density at radius 2 is 2.17 bits per heavy atom. The first-order chi connectivity index (χ1) is 11.5. The van der Waals surface area contributed by atoms with Crippen LogP contribution in [0.15, 0.2) is 12.4 Å². The first-order valence-corrected chi connectivity index (χ1v) is 7.89. The molecule has 0 aliphatic heterocycles. The molecule has 0 amide bonds. The van der Waals surface area contributed by atoms with Crippen LogP contribution in [-0.2, 0) is 0 Å². The molecule has 0 aromatic carbocycles. The molecule has 3 aromatic heterocycles. The van der Waals surface area contributed by atoms with Gasteiger partial charge in [-0.3, -0.25) is 4.68 Å². The lowest BCUT2D eigenvalue weighted by Crippen LogP contribution is -2.05. The minimum absolute atomic E-state index is 0.279. The van der Waals surface area contributed by atoms with Crippen molar-refractivity contribution in [3.05, 3.63) is 23.7 Å². The van der Waals surface area contributed by atoms with Crippen molar-refractivity contribution in [2.24, 2.45) is 0 Å². The predicted molar refractivity (Wildman–Crippen MR) is 93.4 cm³/mol. The number of aromatic nitrogens is 5. The highest BCUT2D eigenvalue weighted by atomic mass is 15.3. The van der Waals surface area contributed by atoms with Crippen LogP contribution in [0.5, 0.6) is 0 Å². The molecule has 3 aromatic rings. The number of anilines is 3. The van der Waals surface area contributed by atoms with E-state index in [9.17, 15) is 5.26 Å². The SMILES string of the molecule is CCNc1nc(Nc2cn(C(C)C)nc2C)nc2[nH]cc(C#N)c12. The van der Waals surface area contributed by atoms with Gasteiger partial charge in [0, 0.05) is 25.0 Å². The van der Waals surface area contributed by atoms with E-state index in [1.807, 2.05) is 24.7 Å². The fourth-order valence-corrected chi connectivity index (χ4v) is 2.46. The molecule has 0 radical (unpaired) electrons. The summed E-state index contributed by atoms with van der Waals surface area (Å²) in [5.41, 5.74) is 2.88. The molecule has 124 valence electrons. The summed E-state index contributed by atoms with van der Waals surface area (Å²) in [5, 5.41) is 20.8. The third-order valence-corrected chi connectivity index (χ3v) is 3.69. The summed E-state index contributed by atoms with van der Waals surface area (Å²) in [5.74, 6) is 1.09. The summed E-state index contributed by atoms with van der Waals surface area (Å²) in [6.07, 6.45) is 3.59. The quantitative estimate of drug-likeness (QED) is 0.665. The van der Waals surface area contributed by atoms with E-state index in [0.717, 1.165) is 11.4 Å². The molecule has 0 saturated carbocycles. The number of nitriles is 1. The topological polar surface area (TPSA) is 107 Å². The average Bonchev–Trinajstić information content (AvgIpc) is 3.12. The highest BCUT2D eigenvalue weighted by molar-refractivity contribution is 5.93. The molecule has 0 spiro atoms. The van der Waals surface area contributed by atoms with Crippen molar-refractivity contribution in [1.82, 2.24) is 24.7 Å². The second kappa shape index (κ2) is 6.20. The minimum atomic E-state index is 0.279. The van der Waals surface area contributed by atoms with Gasteiger partial charge < -0.3 is 15.6 Å². The first-order valence-electron chi connectivity index (χ1n) is 7.89. The van der Waals surface area contributed by atoms with Crippen molar-refractivity contribution < 1.29 is 0 Å². The van der Waals surface area contributed by atoms with Crippen molar-refractivity contribution in [3.8, 4) is 6.07 Å². The Bertz CT molecular complexity index is 912. The van der Waals surface area contributed by atoms with Gasteiger partial charge in [0.25, 0.3) is 0 Å². The molecule has 3 heterocycles. The van der Waals surface area contributed by atoms with Crippen LogP contribution in [-0.4, -0.2) is 31.3 Å². The van der Waals surface area contributed by atoms with Crippen LogP contribution in [0.3, 0.4) is 0 Å². The average molecular weight is 324 g/mol. The number of hydrogen-bond acceptors (Lipinski definition) is 6. The van der Waals surface area contributed by atoms with E-state index in [1.165, 1.54) is 0 Å². The van der Waals surface area contributed by atoms with Gasteiger partial charge in [-0.15, -0.1) is 0 Å². The number of nitrogens with zero attached hydrogens (tertiary/aromatic N) is 5. The fourth-order valence-electron chi connectivity index (χ4n) is 2.46. The van der Waals surface area contributed by atoms with Crippen LogP contribution in [0.25, 0.3) is 11.0 Å². The van der Waals surface area contributed by atoms with E-state index in [4.69, 9.17) is 0 Å². The number of H-pyrrole nitrogens is 1. The van der Waals surface area contributed by atoms with E-state index in [0.29, 0.717) is 34.9 Å². The smallest absolute Gasteiger partial charge is 0.231 e. The second-order valence-electron chi connectivity index (χ2n) is 5.79. The molecule has 0 unspecified atom stereocenters. The van der Waals surface area contributed by atoms with E-state index in [1.54, 1.807) is 6.20 Å². The minimum Gasteiger partial charge on any atom is -0.370 e. The van der Waals surface area contributed by atoms with E-state index < -0.39 is 0 Å². The van der Waals surface area contributed by atoms with Gasteiger partial charge in [0.15, 0.2) is 0 Å². The van der Waals surface area contributed by atoms with Gasteiger partial charge in [-0.1, -0.05) is 0 Å². The molecule has 0 fully saturated rings. The number of aryl methyl sites for hydroxylation is 1.